The maximum atomic E-state index is 12.7. The quantitative estimate of drug-likeness (QED) is 0.558. The molecule has 4 rings (SSSR count). The van der Waals surface area contributed by atoms with Crippen molar-refractivity contribution in [3.05, 3.63) is 58.0 Å². The minimum Gasteiger partial charge on any atom is -0.296 e. The fourth-order valence-electron chi connectivity index (χ4n) is 3.15. The van der Waals surface area contributed by atoms with Crippen LogP contribution in [0.15, 0.2) is 46.5 Å². The average Bonchev–Trinajstić information content (AvgIpc) is 2.63. The molecule has 6 nitrogen and oxygen atoms in total. The first-order chi connectivity index (χ1) is 12.5. The van der Waals surface area contributed by atoms with Crippen molar-refractivity contribution in [1.82, 2.24) is 19.5 Å². The van der Waals surface area contributed by atoms with Crippen molar-refractivity contribution in [3.63, 3.8) is 0 Å². The van der Waals surface area contributed by atoms with Crippen LogP contribution >= 0.6 is 12.6 Å². The molecular weight excluding hydrogens is 346 g/mol. The molecule has 0 fully saturated rings. The first-order valence-corrected chi connectivity index (χ1v) is 8.97. The number of anilines is 2. The number of benzene rings is 1. The molecule has 0 N–H and O–H groups in total. The summed E-state index contributed by atoms with van der Waals surface area (Å²) < 4.78 is 1.70. The Labute approximate surface area is 157 Å². The van der Waals surface area contributed by atoms with Crippen molar-refractivity contribution >= 4 is 24.4 Å². The molecule has 0 radical (unpaired) electrons. The third-order valence-corrected chi connectivity index (χ3v) is 4.92. The van der Waals surface area contributed by atoms with Crippen molar-refractivity contribution in [2.75, 3.05) is 11.4 Å². The smallest absolute Gasteiger partial charge is 0.255 e. The van der Waals surface area contributed by atoms with Gasteiger partial charge in [-0.1, -0.05) is 12.1 Å². The first kappa shape index (κ1) is 16.8. The van der Waals surface area contributed by atoms with Gasteiger partial charge < -0.3 is 0 Å². The Morgan fingerprint density at radius 1 is 1.04 bits per heavy atom. The van der Waals surface area contributed by atoms with E-state index in [-0.39, 0.29) is 5.56 Å². The van der Waals surface area contributed by atoms with Gasteiger partial charge in [0, 0.05) is 30.9 Å². The number of fused-ring (bicyclic) bond motifs is 1. The van der Waals surface area contributed by atoms with Gasteiger partial charge in [0.15, 0.2) is 5.16 Å². The van der Waals surface area contributed by atoms with Crippen molar-refractivity contribution in [1.29, 1.82) is 0 Å². The average molecular weight is 365 g/mol. The summed E-state index contributed by atoms with van der Waals surface area (Å²) in [6, 6.07) is 9.55. The molecule has 0 aliphatic carbocycles. The number of hydrogen-bond acceptors (Lipinski definition) is 6. The summed E-state index contributed by atoms with van der Waals surface area (Å²) >= 11 is 4.22. The zero-order valence-electron chi connectivity index (χ0n) is 14.7. The molecule has 0 atom stereocenters. The van der Waals surface area contributed by atoms with Crippen LogP contribution in [0.5, 0.6) is 0 Å². The molecule has 0 unspecified atom stereocenters. The van der Waals surface area contributed by atoms with E-state index in [9.17, 15) is 4.79 Å². The van der Waals surface area contributed by atoms with E-state index in [1.54, 1.807) is 16.8 Å². The Balaban J connectivity index is 1.86. The minimum absolute atomic E-state index is 0.0481. The summed E-state index contributed by atoms with van der Waals surface area (Å²) in [5.74, 6) is 1.31. The number of rotatable bonds is 2. The summed E-state index contributed by atoms with van der Waals surface area (Å²) in [6.07, 6.45) is 2.51. The predicted octanol–water partition coefficient (Wildman–Crippen LogP) is 3.15. The summed E-state index contributed by atoms with van der Waals surface area (Å²) in [7, 11) is 0. The molecular formula is C19H19N5OS. The van der Waals surface area contributed by atoms with E-state index >= 15 is 0 Å². The summed E-state index contributed by atoms with van der Waals surface area (Å²) in [6.45, 7) is 5.53. The molecule has 26 heavy (non-hydrogen) atoms. The molecule has 3 heterocycles. The van der Waals surface area contributed by atoms with Crippen LogP contribution in [0.4, 0.5) is 11.8 Å². The summed E-state index contributed by atoms with van der Waals surface area (Å²) in [5, 5.41) is 0.396. The van der Waals surface area contributed by atoms with Gasteiger partial charge in [-0.3, -0.25) is 14.3 Å². The molecule has 1 aliphatic rings. The lowest BCUT2D eigenvalue weighted by Crippen LogP contribution is -2.36. The molecule has 0 saturated carbocycles. The minimum atomic E-state index is -0.0481. The highest BCUT2D eigenvalue weighted by molar-refractivity contribution is 7.80. The second-order valence-electron chi connectivity index (χ2n) is 6.45. The van der Waals surface area contributed by atoms with Gasteiger partial charge in [-0.25, -0.2) is 15.0 Å². The van der Waals surface area contributed by atoms with Crippen LogP contribution in [-0.4, -0.2) is 26.1 Å². The van der Waals surface area contributed by atoms with Gasteiger partial charge in [0.2, 0.25) is 5.95 Å². The van der Waals surface area contributed by atoms with Gasteiger partial charge in [-0.2, -0.15) is 0 Å². The van der Waals surface area contributed by atoms with Crippen LogP contribution in [-0.2, 0) is 6.54 Å². The Bertz CT molecular complexity index is 1050. The molecule has 1 aromatic carbocycles. The Hall–Kier alpha value is -2.67. The highest BCUT2D eigenvalue weighted by Gasteiger charge is 2.23. The van der Waals surface area contributed by atoms with Gasteiger partial charge in [0.1, 0.15) is 5.82 Å². The van der Waals surface area contributed by atoms with Gasteiger partial charge >= 0.3 is 0 Å². The first-order valence-electron chi connectivity index (χ1n) is 8.52. The summed E-state index contributed by atoms with van der Waals surface area (Å²) in [5.41, 5.74) is 3.96. The van der Waals surface area contributed by atoms with Gasteiger partial charge in [0.25, 0.3) is 5.56 Å². The van der Waals surface area contributed by atoms with Crippen LogP contribution < -0.4 is 10.5 Å². The van der Waals surface area contributed by atoms with Gasteiger partial charge in [-0.15, -0.1) is 12.6 Å². The number of aromatic nitrogens is 4. The molecule has 0 bridgehead atoms. The molecule has 0 amide bonds. The van der Waals surface area contributed by atoms with Crippen LogP contribution in [0.1, 0.15) is 17.5 Å². The van der Waals surface area contributed by atoms with Gasteiger partial charge in [-0.05, 0) is 43.5 Å². The van der Waals surface area contributed by atoms with Crippen LogP contribution in [0, 0.1) is 13.8 Å². The predicted molar refractivity (Wildman–Crippen MR) is 104 cm³/mol. The molecule has 0 spiro atoms. The van der Waals surface area contributed by atoms with Crippen LogP contribution in [0.3, 0.4) is 0 Å². The number of nitrogens with zero attached hydrogens (tertiary/aromatic N) is 5. The third-order valence-electron chi connectivity index (χ3n) is 4.70. The molecule has 132 valence electrons. The van der Waals surface area contributed by atoms with E-state index < -0.39 is 0 Å². The normalized spacial score (nSPS) is 13.6. The standard InChI is InChI=1S/C19H19N5OS/c1-12-4-5-14(10-13(12)2)15-11-17(25)24-9-3-8-23(19(24)21-15)16-6-7-20-18(26)22-16/h4-7,10-11H,3,8-9H2,1-2H3,(H,20,22,26). The van der Waals surface area contributed by atoms with E-state index in [2.05, 4.69) is 48.6 Å². The lowest BCUT2D eigenvalue weighted by Gasteiger charge is -2.30. The second kappa shape index (κ2) is 6.57. The van der Waals surface area contributed by atoms with Crippen molar-refractivity contribution in [3.8, 4) is 11.3 Å². The zero-order chi connectivity index (χ0) is 18.3. The van der Waals surface area contributed by atoms with Crippen molar-refractivity contribution < 1.29 is 0 Å². The van der Waals surface area contributed by atoms with Crippen LogP contribution in [0.25, 0.3) is 11.3 Å². The van der Waals surface area contributed by atoms with E-state index in [1.807, 2.05) is 17.0 Å². The second-order valence-corrected chi connectivity index (χ2v) is 6.85. The largest absolute Gasteiger partial charge is 0.296 e. The zero-order valence-corrected chi connectivity index (χ0v) is 15.6. The van der Waals surface area contributed by atoms with E-state index in [0.29, 0.717) is 29.2 Å². The van der Waals surface area contributed by atoms with E-state index in [0.717, 1.165) is 18.5 Å². The Morgan fingerprint density at radius 3 is 2.65 bits per heavy atom. The fraction of sp³-hybridized carbons (Fsp3) is 0.263. The molecule has 2 aromatic heterocycles. The van der Waals surface area contributed by atoms with E-state index in [1.165, 1.54) is 11.1 Å². The van der Waals surface area contributed by atoms with Crippen molar-refractivity contribution in [2.45, 2.75) is 32.0 Å². The maximum Gasteiger partial charge on any atom is 0.255 e. The lowest BCUT2D eigenvalue weighted by atomic mass is 10.0. The van der Waals surface area contributed by atoms with E-state index in [4.69, 9.17) is 4.98 Å². The third kappa shape index (κ3) is 2.99. The SMILES string of the molecule is Cc1ccc(-c2cc(=O)n3c(n2)N(c2ccnc(S)n2)CCC3)cc1C. The molecule has 7 heteroatoms. The molecule has 0 saturated heterocycles. The maximum absolute atomic E-state index is 12.7. The monoisotopic (exact) mass is 365 g/mol. The number of aryl methyl sites for hydroxylation is 2. The van der Waals surface area contributed by atoms with Crippen molar-refractivity contribution in [2.24, 2.45) is 0 Å². The summed E-state index contributed by atoms with van der Waals surface area (Å²) in [4.78, 5) is 27.9. The fourth-order valence-corrected chi connectivity index (χ4v) is 3.32. The Kier molecular flexibility index (Phi) is 4.24. The Morgan fingerprint density at radius 2 is 1.88 bits per heavy atom. The lowest BCUT2D eigenvalue weighted by molar-refractivity contribution is 0.560. The molecule has 1 aliphatic heterocycles. The number of hydrogen-bond donors (Lipinski definition) is 1. The topological polar surface area (TPSA) is 63.9 Å². The number of thiol groups is 1. The van der Waals surface area contributed by atoms with Crippen LogP contribution in [0.2, 0.25) is 0 Å². The van der Waals surface area contributed by atoms with Gasteiger partial charge in [0.05, 0.1) is 5.69 Å². The highest BCUT2D eigenvalue weighted by Crippen LogP contribution is 2.28. The molecule has 3 aromatic rings. The highest BCUT2D eigenvalue weighted by atomic mass is 32.1.